The molecule has 0 bridgehead atoms. The first-order chi connectivity index (χ1) is 8.57. The zero-order chi connectivity index (χ0) is 13.8. The molecule has 102 valence electrons. The molecule has 18 heavy (non-hydrogen) atoms. The van der Waals surface area contributed by atoms with Crippen molar-refractivity contribution in [1.29, 1.82) is 0 Å². The molecule has 0 fully saturated rings. The summed E-state index contributed by atoms with van der Waals surface area (Å²) in [6.07, 6.45) is 6.41. The summed E-state index contributed by atoms with van der Waals surface area (Å²) in [6, 6.07) is 8.36. The molecule has 1 aromatic carbocycles. The maximum atomic E-state index is 10.2. The number of rotatable bonds is 6. The Morgan fingerprint density at radius 3 is 1.89 bits per heavy atom. The Kier molecular flexibility index (Phi) is 10.8. The van der Waals surface area contributed by atoms with Crippen LogP contribution in [0, 0.1) is 13.8 Å². The van der Waals surface area contributed by atoms with E-state index in [0.717, 1.165) is 12.8 Å². The first kappa shape index (κ1) is 17.2. The van der Waals surface area contributed by atoms with E-state index < -0.39 is 0 Å². The third kappa shape index (κ3) is 10.3. The minimum absolute atomic E-state index is 0.198. The lowest BCUT2D eigenvalue weighted by Crippen LogP contribution is -1.85. The topological polar surface area (TPSA) is 17.1 Å². The van der Waals surface area contributed by atoms with Crippen molar-refractivity contribution in [1.82, 2.24) is 0 Å². The third-order valence-corrected chi connectivity index (χ3v) is 3.09. The lowest BCUT2D eigenvalue weighted by Gasteiger charge is -1.95. The summed E-state index contributed by atoms with van der Waals surface area (Å²) < 4.78 is 0. The Labute approximate surface area is 117 Å². The van der Waals surface area contributed by atoms with Crippen molar-refractivity contribution in [3.63, 3.8) is 0 Å². The molecule has 0 spiro atoms. The Morgan fingerprint density at radius 1 is 1.00 bits per heavy atom. The third-order valence-electron chi connectivity index (χ3n) is 2.90. The van der Waals surface area contributed by atoms with Crippen LogP contribution < -0.4 is 0 Å². The maximum Gasteiger partial charge on any atom is 0.221 e. The molecule has 0 unspecified atom stereocenters. The van der Waals surface area contributed by atoms with Crippen LogP contribution >= 0.6 is 11.6 Å². The summed E-state index contributed by atoms with van der Waals surface area (Å²) >= 11 is 5.15. The fourth-order valence-corrected chi connectivity index (χ4v) is 1.66. The molecule has 1 aromatic rings. The lowest BCUT2D eigenvalue weighted by atomic mass is 10.1. The van der Waals surface area contributed by atoms with E-state index in [1.807, 2.05) is 0 Å². The number of carbonyl (C=O) groups is 1. The van der Waals surface area contributed by atoms with Crippen LogP contribution in [0.3, 0.4) is 0 Å². The second-order valence-corrected chi connectivity index (χ2v) is 5.03. The number of unbranched alkanes of at least 4 members (excludes halogenated alkanes) is 4. The highest BCUT2D eigenvalue weighted by molar-refractivity contribution is 6.63. The second kappa shape index (κ2) is 11.3. The van der Waals surface area contributed by atoms with Crippen LogP contribution in [0.2, 0.25) is 0 Å². The number of aryl methyl sites for hydroxylation is 2. The van der Waals surface area contributed by atoms with Crippen LogP contribution in [0.15, 0.2) is 24.3 Å². The zero-order valence-electron chi connectivity index (χ0n) is 11.8. The van der Waals surface area contributed by atoms with Gasteiger partial charge in [-0.15, -0.1) is 0 Å². The predicted molar refractivity (Wildman–Crippen MR) is 80.2 cm³/mol. The van der Waals surface area contributed by atoms with Gasteiger partial charge in [0, 0.05) is 6.42 Å². The molecule has 0 aliphatic carbocycles. The van der Waals surface area contributed by atoms with Gasteiger partial charge < -0.3 is 0 Å². The van der Waals surface area contributed by atoms with Crippen LogP contribution in [0.5, 0.6) is 0 Å². The van der Waals surface area contributed by atoms with Crippen LogP contribution in [0.1, 0.15) is 56.6 Å². The molecule has 0 saturated heterocycles. The van der Waals surface area contributed by atoms with Crippen LogP contribution in [0.4, 0.5) is 0 Å². The van der Waals surface area contributed by atoms with E-state index in [4.69, 9.17) is 11.6 Å². The van der Waals surface area contributed by atoms with Gasteiger partial charge in [-0.1, -0.05) is 56.9 Å². The summed E-state index contributed by atoms with van der Waals surface area (Å²) in [6.45, 7) is 6.41. The van der Waals surface area contributed by atoms with Gasteiger partial charge in [-0.3, -0.25) is 4.79 Å². The van der Waals surface area contributed by atoms with Gasteiger partial charge in [-0.05, 0) is 43.0 Å². The minimum Gasteiger partial charge on any atom is -0.281 e. The summed E-state index contributed by atoms with van der Waals surface area (Å²) in [7, 11) is 0. The Bertz CT molecular complexity index is 313. The van der Waals surface area contributed by atoms with Gasteiger partial charge in [0.1, 0.15) is 0 Å². The van der Waals surface area contributed by atoms with E-state index in [-0.39, 0.29) is 5.24 Å². The standard InChI is InChI=1S/C8H15ClO.C8H10/c1-2-3-4-5-6-7-8(9)10;1-7-5-3-4-6-8(7)2/h2-7H2,1H3;3-6H,1-2H3. The zero-order valence-corrected chi connectivity index (χ0v) is 12.6. The van der Waals surface area contributed by atoms with Gasteiger partial charge in [0.05, 0.1) is 0 Å². The van der Waals surface area contributed by atoms with Crippen molar-refractivity contribution in [2.45, 2.75) is 59.3 Å². The van der Waals surface area contributed by atoms with E-state index >= 15 is 0 Å². The Hall–Kier alpha value is -0.820. The van der Waals surface area contributed by atoms with Crippen molar-refractivity contribution in [2.24, 2.45) is 0 Å². The highest BCUT2D eigenvalue weighted by Crippen LogP contribution is 2.05. The summed E-state index contributed by atoms with van der Waals surface area (Å²) in [4.78, 5) is 10.2. The molecule has 1 nitrogen and oxygen atoms in total. The van der Waals surface area contributed by atoms with E-state index in [9.17, 15) is 4.79 Å². The quantitative estimate of drug-likeness (QED) is 0.498. The largest absolute Gasteiger partial charge is 0.281 e. The van der Waals surface area contributed by atoms with Crippen LogP contribution in [-0.4, -0.2) is 5.24 Å². The highest BCUT2D eigenvalue weighted by atomic mass is 35.5. The first-order valence-electron chi connectivity index (χ1n) is 6.78. The molecule has 0 atom stereocenters. The van der Waals surface area contributed by atoms with Crippen LogP contribution in [0.25, 0.3) is 0 Å². The molecule has 0 aliphatic rings. The molecule has 0 N–H and O–H groups in total. The SMILES string of the molecule is CCCCCCCC(=O)Cl.Cc1ccccc1C. The van der Waals surface area contributed by atoms with Crippen molar-refractivity contribution in [2.75, 3.05) is 0 Å². The van der Waals surface area contributed by atoms with Crippen molar-refractivity contribution >= 4 is 16.8 Å². The molecule has 0 aromatic heterocycles. The highest BCUT2D eigenvalue weighted by Gasteiger charge is 1.94. The summed E-state index contributed by atoms with van der Waals surface area (Å²) in [5.74, 6) is 0. The van der Waals surface area contributed by atoms with Crippen molar-refractivity contribution < 1.29 is 4.79 Å². The van der Waals surface area contributed by atoms with Gasteiger partial charge in [0.15, 0.2) is 0 Å². The molecule has 1 rings (SSSR count). The van der Waals surface area contributed by atoms with Gasteiger partial charge in [-0.25, -0.2) is 0 Å². The predicted octanol–water partition coefficient (Wildman–Crippen LogP) is 5.42. The number of hydrogen-bond donors (Lipinski definition) is 0. The fraction of sp³-hybridized carbons (Fsp3) is 0.562. The molecular weight excluding hydrogens is 244 g/mol. The molecule has 0 amide bonds. The van der Waals surface area contributed by atoms with E-state index in [2.05, 4.69) is 45.0 Å². The lowest BCUT2D eigenvalue weighted by molar-refractivity contribution is -0.111. The molecular formula is C16H25ClO. The molecule has 0 radical (unpaired) electrons. The number of benzene rings is 1. The van der Waals surface area contributed by atoms with E-state index in [1.54, 1.807) is 0 Å². The summed E-state index contributed by atoms with van der Waals surface area (Å²) in [5, 5.41) is -0.198. The average molecular weight is 269 g/mol. The monoisotopic (exact) mass is 268 g/mol. The van der Waals surface area contributed by atoms with E-state index in [1.165, 1.54) is 30.4 Å². The van der Waals surface area contributed by atoms with Crippen LogP contribution in [-0.2, 0) is 4.79 Å². The Morgan fingerprint density at radius 2 is 1.50 bits per heavy atom. The molecule has 0 saturated carbocycles. The normalized spacial score (nSPS) is 9.56. The smallest absolute Gasteiger partial charge is 0.221 e. The molecule has 0 aliphatic heterocycles. The first-order valence-corrected chi connectivity index (χ1v) is 7.16. The van der Waals surface area contributed by atoms with Gasteiger partial charge in [0.2, 0.25) is 5.24 Å². The van der Waals surface area contributed by atoms with E-state index in [0.29, 0.717) is 6.42 Å². The van der Waals surface area contributed by atoms with Gasteiger partial charge >= 0.3 is 0 Å². The number of hydrogen-bond acceptors (Lipinski definition) is 1. The van der Waals surface area contributed by atoms with Crippen molar-refractivity contribution in [3.05, 3.63) is 35.4 Å². The van der Waals surface area contributed by atoms with Gasteiger partial charge in [-0.2, -0.15) is 0 Å². The summed E-state index contributed by atoms with van der Waals surface area (Å²) in [5.41, 5.74) is 2.74. The Balaban J connectivity index is 0.000000327. The average Bonchev–Trinajstić information content (AvgIpc) is 2.33. The molecule has 2 heteroatoms. The minimum atomic E-state index is -0.198. The maximum absolute atomic E-state index is 10.2. The van der Waals surface area contributed by atoms with Gasteiger partial charge in [0.25, 0.3) is 0 Å². The number of halogens is 1. The number of carbonyl (C=O) groups excluding carboxylic acids is 1. The fourth-order valence-electron chi connectivity index (χ4n) is 1.53. The van der Waals surface area contributed by atoms with Crippen molar-refractivity contribution in [3.8, 4) is 0 Å². The second-order valence-electron chi connectivity index (χ2n) is 4.60. The molecule has 0 heterocycles.